The summed E-state index contributed by atoms with van der Waals surface area (Å²) in [6, 6.07) is 51.0. The van der Waals surface area contributed by atoms with Crippen molar-refractivity contribution in [1.82, 2.24) is 4.57 Å². The highest BCUT2D eigenvalue weighted by atomic mass is 16.3. The van der Waals surface area contributed by atoms with Gasteiger partial charge in [-0.2, -0.15) is 0 Å². The van der Waals surface area contributed by atoms with Gasteiger partial charge >= 0.3 is 0 Å². The van der Waals surface area contributed by atoms with E-state index < -0.39 is 0 Å². The molecule has 0 radical (unpaired) electrons. The molecule has 0 saturated heterocycles. The van der Waals surface area contributed by atoms with Gasteiger partial charge in [-0.05, 0) is 99.0 Å². The number of aromatic nitrogens is 1. The van der Waals surface area contributed by atoms with Gasteiger partial charge < -0.3 is 13.4 Å². The van der Waals surface area contributed by atoms with Gasteiger partial charge in [-0.3, -0.25) is 0 Å². The van der Waals surface area contributed by atoms with E-state index in [-0.39, 0.29) is 16.2 Å². The van der Waals surface area contributed by atoms with Gasteiger partial charge in [0.15, 0.2) is 0 Å². The molecule has 10 aromatic rings. The molecule has 3 aromatic heterocycles. The number of furan rings is 2. The van der Waals surface area contributed by atoms with Crippen LogP contribution in [-0.4, -0.2) is 4.57 Å². The second kappa shape index (κ2) is 12.5. The summed E-state index contributed by atoms with van der Waals surface area (Å²) in [5.74, 6) is 0. The lowest BCUT2D eigenvalue weighted by Crippen LogP contribution is -2.20. The summed E-state index contributed by atoms with van der Waals surface area (Å²) in [6.45, 7) is 18.4. The Morgan fingerprint density at radius 3 is 1.95 bits per heavy atom. The van der Waals surface area contributed by atoms with E-state index in [1.165, 1.54) is 55.1 Å². The van der Waals surface area contributed by atoms with Crippen molar-refractivity contribution in [1.29, 1.82) is 0 Å². The molecule has 0 N–H and O–H groups in total. The minimum atomic E-state index is -0.146. The Labute approximate surface area is 334 Å². The lowest BCUT2D eigenvalue weighted by molar-refractivity contribution is 0.521. The van der Waals surface area contributed by atoms with E-state index in [2.05, 4.69) is 199 Å². The van der Waals surface area contributed by atoms with Crippen molar-refractivity contribution in [3.05, 3.63) is 162 Å². The molecule has 7 aromatic carbocycles. The zero-order valence-corrected chi connectivity index (χ0v) is 34.2. The number of hydrogen-bond acceptors (Lipinski definition) is 2. The van der Waals surface area contributed by atoms with Crippen LogP contribution in [0.25, 0.3) is 82.5 Å². The summed E-state index contributed by atoms with van der Waals surface area (Å²) in [5.41, 5.74) is 14.6. The minimum Gasteiger partial charge on any atom is -0.456 e. The molecule has 3 heteroatoms. The number of hydrogen-bond donors (Lipinski definition) is 0. The fraction of sp³-hybridized carbons (Fsp3) is 0.222. The van der Waals surface area contributed by atoms with Crippen LogP contribution in [-0.2, 0) is 22.7 Å². The molecular formula is C54H49NO2. The highest BCUT2D eigenvalue weighted by Gasteiger charge is 2.26. The molecular weight excluding hydrogens is 695 g/mol. The van der Waals surface area contributed by atoms with Crippen LogP contribution in [0.3, 0.4) is 0 Å². The first-order chi connectivity index (χ1) is 27.3. The number of fused-ring (bicyclic) bond motifs is 9. The molecule has 3 heterocycles. The highest BCUT2D eigenvalue weighted by Crippen LogP contribution is 2.43. The first kappa shape index (κ1) is 35.4. The monoisotopic (exact) mass is 743 g/mol. The van der Waals surface area contributed by atoms with Crippen LogP contribution in [0, 0.1) is 0 Å². The standard InChI is InChI=1S/C54H49NO2/c1-52(2,3)42-20-13-23-45-49(42)40-17-9-10-22-44(40)55(45)36-16-11-15-33(29-36)32-54(7,8)35-26-28-38-39-19-12-18-37(51(39)57-48(38)31-35)34-25-27-41-47(30-34)56-46-24-14-21-43(50(41)46)53(4,5)6/h9-31H,32H2,1-8H3. The van der Waals surface area contributed by atoms with E-state index in [1.54, 1.807) is 0 Å². The van der Waals surface area contributed by atoms with E-state index in [9.17, 15) is 0 Å². The molecule has 0 spiro atoms. The third kappa shape index (κ3) is 5.70. The molecule has 57 heavy (non-hydrogen) atoms. The molecule has 0 saturated carbocycles. The number of benzene rings is 7. The summed E-state index contributed by atoms with van der Waals surface area (Å²) in [7, 11) is 0. The topological polar surface area (TPSA) is 31.2 Å². The van der Waals surface area contributed by atoms with Gasteiger partial charge in [0, 0.05) is 43.6 Å². The van der Waals surface area contributed by atoms with Gasteiger partial charge in [-0.15, -0.1) is 0 Å². The maximum atomic E-state index is 6.81. The SMILES string of the molecule is CC(C)(C)c1cccc2oc3cc(-c4cccc5c4oc4cc(C(C)(C)Cc6cccc(-n7c8ccccc8c8c(C(C)(C)C)cccc87)c6)ccc45)ccc3c12. The van der Waals surface area contributed by atoms with Crippen molar-refractivity contribution in [3.63, 3.8) is 0 Å². The summed E-state index contributed by atoms with van der Waals surface area (Å²) < 4.78 is 15.7. The normalized spacial score (nSPS) is 13.0. The number of nitrogens with zero attached hydrogens (tertiary/aromatic N) is 1. The van der Waals surface area contributed by atoms with E-state index in [0.29, 0.717) is 0 Å². The van der Waals surface area contributed by atoms with Gasteiger partial charge in [-0.1, -0.05) is 146 Å². The Hall–Kier alpha value is -6.06. The molecule has 0 bridgehead atoms. The molecule has 3 nitrogen and oxygen atoms in total. The third-order valence-electron chi connectivity index (χ3n) is 12.2. The summed E-state index contributed by atoms with van der Waals surface area (Å²) >= 11 is 0. The fourth-order valence-corrected chi connectivity index (χ4v) is 9.41. The van der Waals surface area contributed by atoms with E-state index in [0.717, 1.165) is 56.0 Å². The molecule has 0 aliphatic carbocycles. The van der Waals surface area contributed by atoms with E-state index in [1.807, 2.05) is 0 Å². The van der Waals surface area contributed by atoms with Gasteiger partial charge in [0.25, 0.3) is 0 Å². The van der Waals surface area contributed by atoms with Crippen molar-refractivity contribution >= 4 is 65.7 Å². The first-order valence-corrected chi connectivity index (χ1v) is 20.3. The van der Waals surface area contributed by atoms with E-state index >= 15 is 0 Å². The average Bonchev–Trinajstić information content (AvgIpc) is 3.86. The second-order valence-corrected chi connectivity index (χ2v) is 18.8. The quantitative estimate of drug-likeness (QED) is 0.176. The zero-order chi connectivity index (χ0) is 39.4. The van der Waals surface area contributed by atoms with Crippen LogP contribution in [0.2, 0.25) is 0 Å². The number of para-hydroxylation sites is 2. The van der Waals surface area contributed by atoms with Gasteiger partial charge in [0.05, 0.1) is 11.0 Å². The Bertz CT molecular complexity index is 3200. The molecule has 0 unspecified atom stereocenters. The molecule has 0 fully saturated rings. The highest BCUT2D eigenvalue weighted by molar-refractivity contribution is 6.13. The third-order valence-corrected chi connectivity index (χ3v) is 12.2. The van der Waals surface area contributed by atoms with Crippen LogP contribution in [0.15, 0.2) is 148 Å². The maximum Gasteiger partial charge on any atom is 0.143 e. The predicted molar refractivity (Wildman–Crippen MR) is 241 cm³/mol. The predicted octanol–water partition coefficient (Wildman–Crippen LogP) is 15.4. The molecule has 282 valence electrons. The Morgan fingerprint density at radius 2 is 1.14 bits per heavy atom. The van der Waals surface area contributed by atoms with Crippen molar-refractivity contribution in [3.8, 4) is 16.8 Å². The molecule has 0 aliphatic rings. The fourth-order valence-electron chi connectivity index (χ4n) is 9.41. The van der Waals surface area contributed by atoms with Crippen LogP contribution >= 0.6 is 0 Å². The lowest BCUT2D eigenvalue weighted by Gasteiger charge is -2.26. The molecule has 0 aliphatic heterocycles. The lowest BCUT2D eigenvalue weighted by atomic mass is 9.79. The van der Waals surface area contributed by atoms with Crippen LogP contribution in [0.4, 0.5) is 0 Å². The van der Waals surface area contributed by atoms with Crippen molar-refractivity contribution in [2.24, 2.45) is 0 Å². The van der Waals surface area contributed by atoms with Crippen LogP contribution in [0.5, 0.6) is 0 Å². The zero-order valence-electron chi connectivity index (χ0n) is 34.2. The van der Waals surface area contributed by atoms with E-state index in [4.69, 9.17) is 8.83 Å². The van der Waals surface area contributed by atoms with Gasteiger partial charge in [0.2, 0.25) is 0 Å². The first-order valence-electron chi connectivity index (χ1n) is 20.3. The Kier molecular flexibility index (Phi) is 7.74. The van der Waals surface area contributed by atoms with Crippen LogP contribution in [0.1, 0.15) is 77.6 Å². The van der Waals surface area contributed by atoms with Gasteiger partial charge in [0.1, 0.15) is 22.3 Å². The van der Waals surface area contributed by atoms with Crippen molar-refractivity contribution in [2.45, 2.75) is 78.1 Å². The summed E-state index contributed by atoms with van der Waals surface area (Å²) in [4.78, 5) is 0. The Balaban J connectivity index is 1.01. The smallest absolute Gasteiger partial charge is 0.143 e. The summed E-state index contributed by atoms with van der Waals surface area (Å²) in [5, 5.41) is 7.26. The molecule has 10 rings (SSSR count). The van der Waals surface area contributed by atoms with Crippen LogP contribution < -0.4 is 0 Å². The molecule has 0 amide bonds. The van der Waals surface area contributed by atoms with Gasteiger partial charge in [-0.25, -0.2) is 0 Å². The average molecular weight is 744 g/mol. The number of rotatable bonds is 5. The van der Waals surface area contributed by atoms with Crippen molar-refractivity contribution in [2.75, 3.05) is 0 Å². The van der Waals surface area contributed by atoms with Crippen molar-refractivity contribution < 1.29 is 8.83 Å². The molecule has 0 atom stereocenters. The Morgan fingerprint density at radius 1 is 0.474 bits per heavy atom. The summed E-state index contributed by atoms with van der Waals surface area (Å²) in [6.07, 6.45) is 0.886. The minimum absolute atomic E-state index is 0.0104. The maximum absolute atomic E-state index is 6.81. The largest absolute Gasteiger partial charge is 0.456 e. The second-order valence-electron chi connectivity index (χ2n) is 18.8.